The molecule has 36 heavy (non-hydrogen) atoms. The second-order valence-electron chi connectivity index (χ2n) is 10.4. The molecular weight excluding hydrogens is 442 g/mol. The molecule has 0 saturated heterocycles. The Labute approximate surface area is 216 Å². The fourth-order valence-corrected chi connectivity index (χ4v) is 5.80. The Morgan fingerprint density at radius 2 is 0.972 bits per heavy atom. The first-order valence-electron chi connectivity index (χ1n) is 12.8. The molecular formula is C31H37N5. The van der Waals surface area contributed by atoms with Crippen LogP contribution in [0.15, 0.2) is 67.3 Å². The summed E-state index contributed by atoms with van der Waals surface area (Å²) in [5.41, 5.74) is 12.7. The van der Waals surface area contributed by atoms with Crippen LogP contribution in [0.1, 0.15) is 44.8 Å². The third kappa shape index (κ3) is 4.97. The van der Waals surface area contributed by atoms with Gasteiger partial charge in [0.2, 0.25) is 0 Å². The van der Waals surface area contributed by atoms with Crippen LogP contribution in [0, 0.1) is 41.5 Å². The highest BCUT2D eigenvalue weighted by Gasteiger charge is 2.20. The quantitative estimate of drug-likeness (QED) is 0.406. The van der Waals surface area contributed by atoms with Gasteiger partial charge in [-0.1, -0.05) is 41.5 Å². The topological polar surface area (TPSA) is 25.9 Å². The van der Waals surface area contributed by atoms with E-state index < -0.39 is 0 Å². The van der Waals surface area contributed by atoms with Gasteiger partial charge in [0, 0.05) is 36.2 Å². The monoisotopic (exact) mass is 479 g/mol. The average molecular weight is 480 g/mol. The van der Waals surface area contributed by atoms with Gasteiger partial charge in [-0.25, -0.2) is 0 Å². The molecule has 0 unspecified atom stereocenters. The predicted molar refractivity (Wildman–Crippen MR) is 150 cm³/mol. The molecule has 5 heteroatoms. The number of pyridine rings is 1. The summed E-state index contributed by atoms with van der Waals surface area (Å²) in [6.07, 6.45) is 8.74. The van der Waals surface area contributed by atoms with Crippen LogP contribution in [0.3, 0.4) is 0 Å². The van der Waals surface area contributed by atoms with Crippen LogP contribution < -0.4 is 9.80 Å². The second kappa shape index (κ2) is 9.73. The Morgan fingerprint density at radius 3 is 1.36 bits per heavy atom. The van der Waals surface area contributed by atoms with Crippen molar-refractivity contribution in [3.63, 3.8) is 0 Å². The smallest absolute Gasteiger partial charge is 0.0946 e. The van der Waals surface area contributed by atoms with Crippen molar-refractivity contribution in [1.82, 2.24) is 14.8 Å². The van der Waals surface area contributed by atoms with E-state index in [9.17, 15) is 0 Å². The van der Waals surface area contributed by atoms with Crippen LogP contribution in [0.2, 0.25) is 0 Å². The van der Waals surface area contributed by atoms with E-state index in [1.165, 1.54) is 44.8 Å². The van der Waals surface area contributed by atoms with Crippen LogP contribution in [-0.2, 0) is 13.1 Å². The number of aromatic nitrogens is 1. The zero-order valence-electron chi connectivity index (χ0n) is 22.4. The van der Waals surface area contributed by atoms with E-state index >= 15 is 0 Å². The van der Waals surface area contributed by atoms with Crippen molar-refractivity contribution >= 4 is 11.4 Å². The van der Waals surface area contributed by atoms with Crippen molar-refractivity contribution in [2.75, 3.05) is 23.1 Å². The van der Waals surface area contributed by atoms with Crippen molar-refractivity contribution in [2.24, 2.45) is 0 Å². The molecule has 0 radical (unpaired) electrons. The minimum atomic E-state index is 0.800. The first-order chi connectivity index (χ1) is 17.3. The van der Waals surface area contributed by atoms with Gasteiger partial charge in [0.1, 0.15) is 0 Å². The van der Waals surface area contributed by atoms with Crippen molar-refractivity contribution in [3.8, 4) is 0 Å². The summed E-state index contributed by atoms with van der Waals surface area (Å²) >= 11 is 0. The molecule has 5 nitrogen and oxygen atoms in total. The maximum absolute atomic E-state index is 5.00. The lowest BCUT2D eigenvalue weighted by atomic mass is 10.0. The van der Waals surface area contributed by atoms with E-state index in [2.05, 4.69) is 128 Å². The number of anilines is 2. The van der Waals surface area contributed by atoms with Crippen LogP contribution >= 0.6 is 0 Å². The van der Waals surface area contributed by atoms with Gasteiger partial charge < -0.3 is 19.6 Å². The molecule has 2 aromatic carbocycles. The summed E-state index contributed by atoms with van der Waals surface area (Å²) in [4.78, 5) is 14.3. The SMILES string of the molecule is Cc1cc(C)c(N2C=CN(Cc3cccc(CN4C=CN(c5c(C)cc(C)cc5C)C4)n3)C2)c(C)c1. The fraction of sp³-hybridized carbons (Fsp3) is 0.323. The summed E-state index contributed by atoms with van der Waals surface area (Å²) in [5.74, 6) is 0. The molecule has 0 aliphatic carbocycles. The zero-order valence-corrected chi connectivity index (χ0v) is 22.4. The zero-order chi connectivity index (χ0) is 25.4. The lowest BCUT2D eigenvalue weighted by molar-refractivity contribution is 0.383. The third-order valence-corrected chi connectivity index (χ3v) is 7.02. The van der Waals surface area contributed by atoms with Crippen LogP contribution in [0.25, 0.3) is 0 Å². The van der Waals surface area contributed by atoms with E-state index in [1.54, 1.807) is 0 Å². The lowest BCUT2D eigenvalue weighted by Crippen LogP contribution is -2.27. The average Bonchev–Trinajstić information content (AvgIpc) is 3.42. The standard InChI is InChI=1S/C31H37N5/c1-22-14-24(3)30(25(4)15-22)35-12-10-33(20-35)18-28-8-7-9-29(32-28)19-34-11-13-36(21-34)31-26(5)16-23(2)17-27(31)6/h7-17H,18-21H2,1-6H3. The maximum Gasteiger partial charge on any atom is 0.0946 e. The van der Waals surface area contributed by atoms with Crippen molar-refractivity contribution in [2.45, 2.75) is 54.6 Å². The minimum Gasteiger partial charge on any atom is -0.352 e. The van der Waals surface area contributed by atoms with E-state index in [-0.39, 0.29) is 0 Å². The van der Waals surface area contributed by atoms with Crippen molar-refractivity contribution < 1.29 is 0 Å². The van der Waals surface area contributed by atoms with Crippen molar-refractivity contribution in [3.05, 3.63) is 112 Å². The van der Waals surface area contributed by atoms with Gasteiger partial charge in [-0.3, -0.25) is 4.98 Å². The Morgan fingerprint density at radius 1 is 0.583 bits per heavy atom. The molecule has 0 saturated carbocycles. The van der Waals surface area contributed by atoms with E-state index in [0.717, 1.165) is 37.8 Å². The molecule has 0 N–H and O–H groups in total. The molecule has 0 spiro atoms. The maximum atomic E-state index is 5.00. The molecule has 0 bridgehead atoms. The fourth-order valence-electron chi connectivity index (χ4n) is 5.80. The van der Waals surface area contributed by atoms with Gasteiger partial charge in [-0.15, -0.1) is 0 Å². The molecule has 186 valence electrons. The van der Waals surface area contributed by atoms with Gasteiger partial charge in [0.05, 0.1) is 37.8 Å². The van der Waals surface area contributed by atoms with Gasteiger partial charge >= 0.3 is 0 Å². The normalized spacial score (nSPS) is 15.1. The molecule has 2 aliphatic rings. The minimum absolute atomic E-state index is 0.800. The summed E-state index contributed by atoms with van der Waals surface area (Å²) in [5, 5.41) is 0. The molecule has 3 heterocycles. The Balaban J connectivity index is 1.21. The first-order valence-corrected chi connectivity index (χ1v) is 12.8. The molecule has 3 aromatic rings. The molecule has 1 aromatic heterocycles. The highest BCUT2D eigenvalue weighted by atomic mass is 15.4. The summed E-state index contributed by atoms with van der Waals surface area (Å²) in [6, 6.07) is 15.5. The molecule has 0 fully saturated rings. The molecule has 0 atom stereocenters. The highest BCUT2D eigenvalue weighted by Crippen LogP contribution is 2.30. The molecule has 2 aliphatic heterocycles. The molecule has 5 rings (SSSR count). The third-order valence-electron chi connectivity index (χ3n) is 7.02. The Kier molecular flexibility index (Phi) is 6.48. The Hall–Kier alpha value is -3.73. The van der Waals surface area contributed by atoms with Gasteiger partial charge in [-0.2, -0.15) is 0 Å². The number of nitrogens with zero attached hydrogens (tertiary/aromatic N) is 5. The number of aryl methyl sites for hydroxylation is 6. The summed E-state index contributed by atoms with van der Waals surface area (Å²) in [6.45, 7) is 16.4. The number of hydrogen-bond acceptors (Lipinski definition) is 5. The summed E-state index contributed by atoms with van der Waals surface area (Å²) in [7, 11) is 0. The number of benzene rings is 2. The highest BCUT2D eigenvalue weighted by molar-refractivity contribution is 5.63. The summed E-state index contributed by atoms with van der Waals surface area (Å²) < 4.78 is 0. The van der Waals surface area contributed by atoms with E-state index in [4.69, 9.17) is 4.98 Å². The lowest BCUT2D eigenvalue weighted by Gasteiger charge is -2.25. The van der Waals surface area contributed by atoms with Gasteiger partial charge in [0.25, 0.3) is 0 Å². The second-order valence-corrected chi connectivity index (χ2v) is 10.4. The van der Waals surface area contributed by atoms with Crippen LogP contribution in [0.5, 0.6) is 0 Å². The predicted octanol–water partition coefficient (Wildman–Crippen LogP) is 6.43. The molecule has 0 amide bonds. The Bertz CT molecular complexity index is 1190. The van der Waals surface area contributed by atoms with Gasteiger partial charge in [0.15, 0.2) is 0 Å². The van der Waals surface area contributed by atoms with E-state index in [1.807, 2.05) is 0 Å². The number of rotatable bonds is 6. The first kappa shape index (κ1) is 24.0. The van der Waals surface area contributed by atoms with Crippen molar-refractivity contribution in [1.29, 1.82) is 0 Å². The van der Waals surface area contributed by atoms with Crippen LogP contribution in [0.4, 0.5) is 11.4 Å². The largest absolute Gasteiger partial charge is 0.352 e. The number of hydrogen-bond donors (Lipinski definition) is 0. The van der Waals surface area contributed by atoms with E-state index in [0.29, 0.717) is 0 Å². The van der Waals surface area contributed by atoms with Crippen LogP contribution in [-0.4, -0.2) is 28.1 Å². The van der Waals surface area contributed by atoms with Gasteiger partial charge in [-0.05, 0) is 75.9 Å².